The van der Waals surface area contributed by atoms with E-state index in [0.717, 1.165) is 6.42 Å². The summed E-state index contributed by atoms with van der Waals surface area (Å²) in [5.41, 5.74) is 0. The van der Waals surface area contributed by atoms with E-state index in [1.165, 1.54) is 0 Å². The predicted octanol–water partition coefficient (Wildman–Crippen LogP) is -0.388. The second-order valence-corrected chi connectivity index (χ2v) is 3.02. The van der Waals surface area contributed by atoms with Gasteiger partial charge in [0.1, 0.15) is 0 Å². The molecular formula is C9H20ClN3O2. The number of carbonyl (C=O) groups is 2. The fraction of sp³-hybridized carbons (Fsp3) is 0.778. The van der Waals surface area contributed by atoms with E-state index in [-0.39, 0.29) is 37.3 Å². The lowest BCUT2D eigenvalue weighted by atomic mass is 10.3. The van der Waals surface area contributed by atoms with Crippen LogP contribution in [0.3, 0.4) is 0 Å². The number of hydrogen-bond acceptors (Lipinski definition) is 3. The van der Waals surface area contributed by atoms with Crippen LogP contribution in [0.4, 0.5) is 0 Å². The number of nitrogens with one attached hydrogen (secondary N) is 2. The molecule has 0 bridgehead atoms. The molecule has 0 unspecified atom stereocenters. The van der Waals surface area contributed by atoms with Gasteiger partial charge in [-0.15, -0.1) is 12.4 Å². The molecule has 0 radical (unpaired) electrons. The summed E-state index contributed by atoms with van der Waals surface area (Å²) in [5, 5.41) is 5.27. The van der Waals surface area contributed by atoms with Gasteiger partial charge in [-0.05, 0) is 13.5 Å². The maximum Gasteiger partial charge on any atom is 0.239 e. The Morgan fingerprint density at radius 2 is 1.87 bits per heavy atom. The number of halogens is 1. The summed E-state index contributed by atoms with van der Waals surface area (Å²) in [6, 6.07) is 0. The molecule has 6 heteroatoms. The first-order chi connectivity index (χ1) is 6.65. The van der Waals surface area contributed by atoms with Gasteiger partial charge in [-0.2, -0.15) is 0 Å². The van der Waals surface area contributed by atoms with E-state index in [1.807, 2.05) is 6.92 Å². The maximum absolute atomic E-state index is 11.5. The van der Waals surface area contributed by atoms with Crippen LogP contribution >= 0.6 is 12.4 Å². The molecule has 0 spiro atoms. The monoisotopic (exact) mass is 237 g/mol. The first-order valence-electron chi connectivity index (χ1n) is 4.78. The molecule has 0 rings (SSSR count). The molecule has 0 atom stereocenters. The highest BCUT2D eigenvalue weighted by atomic mass is 35.5. The number of nitrogens with zero attached hydrogens (tertiary/aromatic N) is 1. The smallest absolute Gasteiger partial charge is 0.239 e. The van der Waals surface area contributed by atoms with E-state index in [1.54, 1.807) is 19.0 Å². The Hall–Kier alpha value is -0.810. The zero-order chi connectivity index (χ0) is 11.0. The van der Waals surface area contributed by atoms with E-state index in [0.29, 0.717) is 6.54 Å². The van der Waals surface area contributed by atoms with Gasteiger partial charge in [0.15, 0.2) is 0 Å². The number of hydrogen-bond donors (Lipinski definition) is 2. The van der Waals surface area contributed by atoms with Gasteiger partial charge in [-0.25, -0.2) is 0 Å². The molecule has 15 heavy (non-hydrogen) atoms. The van der Waals surface area contributed by atoms with Gasteiger partial charge < -0.3 is 15.5 Å². The summed E-state index contributed by atoms with van der Waals surface area (Å²) in [6.07, 6.45) is 0.854. The van der Waals surface area contributed by atoms with Crippen molar-refractivity contribution in [3.63, 3.8) is 0 Å². The molecule has 0 saturated heterocycles. The Morgan fingerprint density at radius 3 is 2.27 bits per heavy atom. The lowest BCUT2D eigenvalue weighted by molar-refractivity contribution is -0.135. The maximum atomic E-state index is 11.5. The van der Waals surface area contributed by atoms with Crippen molar-refractivity contribution in [3.8, 4) is 0 Å². The Bertz CT molecular complexity index is 200. The average molecular weight is 238 g/mol. The van der Waals surface area contributed by atoms with Gasteiger partial charge in [0.25, 0.3) is 0 Å². The second kappa shape index (κ2) is 9.73. The summed E-state index contributed by atoms with van der Waals surface area (Å²) in [6.45, 7) is 3.01. The van der Waals surface area contributed by atoms with Crippen LogP contribution in [0.25, 0.3) is 0 Å². The highest BCUT2D eigenvalue weighted by Crippen LogP contribution is 1.92. The van der Waals surface area contributed by atoms with Crippen LogP contribution in [0, 0.1) is 0 Å². The van der Waals surface area contributed by atoms with Crippen LogP contribution in [-0.4, -0.2) is 50.4 Å². The molecule has 0 aromatic heterocycles. The van der Waals surface area contributed by atoms with Crippen molar-refractivity contribution in [3.05, 3.63) is 0 Å². The third-order valence-electron chi connectivity index (χ3n) is 1.79. The van der Waals surface area contributed by atoms with Crippen LogP contribution in [0.2, 0.25) is 0 Å². The molecule has 2 N–H and O–H groups in total. The van der Waals surface area contributed by atoms with E-state index in [2.05, 4.69) is 10.6 Å². The van der Waals surface area contributed by atoms with Gasteiger partial charge in [0.05, 0.1) is 13.1 Å². The Morgan fingerprint density at radius 1 is 1.27 bits per heavy atom. The Balaban J connectivity index is 0. The van der Waals surface area contributed by atoms with Crippen molar-refractivity contribution in [2.24, 2.45) is 0 Å². The third-order valence-corrected chi connectivity index (χ3v) is 1.79. The SMILES string of the molecule is CCCN(CC(=O)NC)C(=O)CNC.Cl. The zero-order valence-electron chi connectivity index (χ0n) is 9.50. The normalized spacial score (nSPS) is 9.00. The minimum atomic E-state index is -0.136. The Kier molecular flexibility index (Phi) is 10.8. The van der Waals surface area contributed by atoms with Crippen molar-refractivity contribution in [2.45, 2.75) is 13.3 Å². The standard InChI is InChI=1S/C9H19N3O2.ClH/c1-4-5-12(7-8(13)11-3)9(14)6-10-2;/h10H,4-7H2,1-3H3,(H,11,13);1H. The molecule has 0 aliphatic heterocycles. The van der Waals surface area contributed by atoms with Gasteiger partial charge in [0, 0.05) is 13.6 Å². The predicted molar refractivity (Wildman–Crippen MR) is 62.1 cm³/mol. The minimum absolute atomic E-state index is 0. The fourth-order valence-corrected chi connectivity index (χ4v) is 1.08. The van der Waals surface area contributed by atoms with Crippen molar-refractivity contribution in [1.29, 1.82) is 0 Å². The van der Waals surface area contributed by atoms with Gasteiger partial charge >= 0.3 is 0 Å². The molecule has 0 aliphatic rings. The highest BCUT2D eigenvalue weighted by molar-refractivity contribution is 5.85. The zero-order valence-corrected chi connectivity index (χ0v) is 10.3. The molecular weight excluding hydrogens is 218 g/mol. The lowest BCUT2D eigenvalue weighted by Gasteiger charge is -2.20. The fourth-order valence-electron chi connectivity index (χ4n) is 1.08. The van der Waals surface area contributed by atoms with E-state index >= 15 is 0 Å². The summed E-state index contributed by atoms with van der Waals surface area (Å²) in [5.74, 6) is -0.180. The van der Waals surface area contributed by atoms with Crippen molar-refractivity contribution in [2.75, 3.05) is 33.7 Å². The lowest BCUT2D eigenvalue weighted by Crippen LogP contribution is -2.43. The quantitative estimate of drug-likeness (QED) is 0.662. The molecule has 0 aliphatic carbocycles. The first-order valence-corrected chi connectivity index (χ1v) is 4.78. The largest absolute Gasteiger partial charge is 0.358 e. The molecule has 0 saturated carbocycles. The highest BCUT2D eigenvalue weighted by Gasteiger charge is 2.14. The van der Waals surface area contributed by atoms with Crippen molar-refractivity contribution in [1.82, 2.24) is 15.5 Å². The van der Waals surface area contributed by atoms with E-state index in [9.17, 15) is 9.59 Å². The second-order valence-electron chi connectivity index (χ2n) is 3.02. The van der Waals surface area contributed by atoms with Gasteiger partial charge in [0.2, 0.25) is 11.8 Å². The van der Waals surface area contributed by atoms with Crippen LogP contribution in [0.5, 0.6) is 0 Å². The summed E-state index contributed by atoms with van der Waals surface area (Å²) >= 11 is 0. The summed E-state index contributed by atoms with van der Waals surface area (Å²) in [4.78, 5) is 24.1. The number of carbonyl (C=O) groups excluding carboxylic acids is 2. The minimum Gasteiger partial charge on any atom is -0.358 e. The summed E-state index contributed by atoms with van der Waals surface area (Å²) in [7, 11) is 3.27. The van der Waals surface area contributed by atoms with Gasteiger partial charge in [-0.3, -0.25) is 9.59 Å². The molecule has 0 aromatic rings. The molecule has 5 nitrogen and oxygen atoms in total. The first kappa shape index (κ1) is 16.6. The van der Waals surface area contributed by atoms with Crippen LogP contribution in [-0.2, 0) is 9.59 Å². The van der Waals surface area contributed by atoms with Crippen LogP contribution in [0.1, 0.15) is 13.3 Å². The van der Waals surface area contributed by atoms with Gasteiger partial charge in [-0.1, -0.05) is 6.92 Å². The molecule has 0 fully saturated rings. The topological polar surface area (TPSA) is 61.4 Å². The molecule has 2 amide bonds. The van der Waals surface area contributed by atoms with Crippen LogP contribution < -0.4 is 10.6 Å². The summed E-state index contributed by atoms with van der Waals surface area (Å²) < 4.78 is 0. The number of rotatable bonds is 6. The third kappa shape index (κ3) is 7.16. The van der Waals surface area contributed by atoms with Crippen LogP contribution in [0.15, 0.2) is 0 Å². The number of amides is 2. The number of likely N-dealkylation sites (N-methyl/N-ethyl adjacent to an activating group) is 2. The molecule has 0 aromatic carbocycles. The van der Waals surface area contributed by atoms with Crippen molar-refractivity contribution < 1.29 is 9.59 Å². The van der Waals surface area contributed by atoms with E-state index < -0.39 is 0 Å². The van der Waals surface area contributed by atoms with E-state index in [4.69, 9.17) is 0 Å². The van der Waals surface area contributed by atoms with Crippen molar-refractivity contribution >= 4 is 24.2 Å². The Labute approximate surface area is 97.0 Å². The average Bonchev–Trinajstić information content (AvgIpc) is 2.17. The molecule has 0 heterocycles. The molecule has 90 valence electrons.